The number of nitrogens with zero attached hydrogens (tertiary/aromatic N) is 3. The minimum Gasteiger partial charge on any atom is -0.311 e. The van der Waals surface area contributed by atoms with Gasteiger partial charge in [0.25, 0.3) is 0 Å². The molecule has 0 atom stereocenters. The van der Waals surface area contributed by atoms with Crippen LogP contribution < -0.4 is 5.32 Å². The summed E-state index contributed by atoms with van der Waals surface area (Å²) in [6.07, 6.45) is 1.01. The van der Waals surface area contributed by atoms with Crippen molar-refractivity contribution in [3.05, 3.63) is 81.5 Å². The van der Waals surface area contributed by atoms with E-state index in [-0.39, 0.29) is 5.91 Å². The van der Waals surface area contributed by atoms with Gasteiger partial charge in [-0.2, -0.15) is 9.78 Å². The normalized spacial score (nSPS) is 11.1. The molecule has 4 aromatic rings. The van der Waals surface area contributed by atoms with Gasteiger partial charge in [0.15, 0.2) is 5.82 Å². The third-order valence-corrected chi connectivity index (χ3v) is 5.56. The third-order valence-electron chi connectivity index (χ3n) is 5.31. The van der Waals surface area contributed by atoms with Crippen molar-refractivity contribution in [3.63, 3.8) is 0 Å². The molecule has 0 saturated heterocycles. The fourth-order valence-electron chi connectivity index (χ4n) is 3.81. The Bertz CT molecular complexity index is 1280. The second kappa shape index (κ2) is 8.52. The average molecular weight is 433 g/mol. The van der Waals surface area contributed by atoms with Gasteiger partial charge in [-0.3, -0.25) is 4.79 Å². The molecule has 2 aromatic carbocycles. The first kappa shape index (κ1) is 21.1. The number of hydrogen-bond donors (Lipinski definition) is 1. The molecule has 2 aromatic heterocycles. The van der Waals surface area contributed by atoms with E-state index in [1.54, 1.807) is 4.68 Å². The number of anilines is 1. The highest BCUT2D eigenvalue weighted by molar-refractivity contribution is 6.30. The zero-order valence-electron chi connectivity index (χ0n) is 18.2. The average Bonchev–Trinajstić information content (AvgIpc) is 3.08. The van der Waals surface area contributed by atoms with Crippen LogP contribution in [0.2, 0.25) is 5.02 Å². The van der Waals surface area contributed by atoms with Crippen molar-refractivity contribution < 1.29 is 4.79 Å². The van der Waals surface area contributed by atoms with E-state index in [9.17, 15) is 4.79 Å². The van der Waals surface area contributed by atoms with Crippen LogP contribution in [-0.2, 0) is 11.2 Å². The smallest absolute Gasteiger partial charge is 0.225 e. The van der Waals surface area contributed by atoms with E-state index < -0.39 is 0 Å². The van der Waals surface area contributed by atoms with E-state index in [1.807, 2.05) is 43.3 Å². The number of rotatable bonds is 5. The number of halogens is 1. The lowest BCUT2D eigenvalue weighted by Crippen LogP contribution is -2.16. The van der Waals surface area contributed by atoms with Gasteiger partial charge in [0.1, 0.15) is 5.82 Å². The summed E-state index contributed by atoms with van der Waals surface area (Å²) in [5.74, 6) is 1.24. The maximum atomic E-state index is 12.6. The molecule has 5 nitrogen and oxygen atoms in total. The Kier molecular flexibility index (Phi) is 5.79. The molecule has 0 aliphatic carbocycles. The molecule has 31 heavy (non-hydrogen) atoms. The monoisotopic (exact) mass is 432 g/mol. The van der Waals surface area contributed by atoms with E-state index >= 15 is 0 Å². The zero-order valence-corrected chi connectivity index (χ0v) is 18.9. The Balaban J connectivity index is 1.60. The number of benzene rings is 2. The summed E-state index contributed by atoms with van der Waals surface area (Å²) in [5.41, 5.74) is 6.30. The molecule has 1 N–H and O–H groups in total. The van der Waals surface area contributed by atoms with Crippen molar-refractivity contribution in [1.82, 2.24) is 14.8 Å². The van der Waals surface area contributed by atoms with Crippen molar-refractivity contribution in [2.75, 3.05) is 5.32 Å². The summed E-state index contributed by atoms with van der Waals surface area (Å²) in [6, 6.07) is 15.7. The summed E-state index contributed by atoms with van der Waals surface area (Å²) in [6.45, 7) is 8.14. The first-order valence-electron chi connectivity index (χ1n) is 10.3. The van der Waals surface area contributed by atoms with Gasteiger partial charge in [0, 0.05) is 22.9 Å². The molecule has 2 heterocycles. The van der Waals surface area contributed by atoms with E-state index in [4.69, 9.17) is 16.6 Å². The Hall–Kier alpha value is -3.18. The molecule has 1 amide bonds. The fraction of sp³-hybridized carbons (Fsp3) is 0.240. The lowest BCUT2D eigenvalue weighted by molar-refractivity contribution is -0.116. The molecule has 0 unspecified atom stereocenters. The summed E-state index contributed by atoms with van der Waals surface area (Å²) in [4.78, 5) is 17.5. The zero-order chi connectivity index (χ0) is 22.1. The van der Waals surface area contributed by atoms with Gasteiger partial charge < -0.3 is 5.32 Å². The second-order valence-electron chi connectivity index (χ2n) is 8.03. The Morgan fingerprint density at radius 1 is 1.00 bits per heavy atom. The molecule has 158 valence electrons. The highest BCUT2D eigenvalue weighted by atomic mass is 35.5. The number of carbonyl (C=O) groups is 1. The van der Waals surface area contributed by atoms with Crippen molar-refractivity contribution in [3.8, 4) is 5.82 Å². The number of carbonyl (C=O) groups excluding carboxylic acids is 1. The van der Waals surface area contributed by atoms with E-state index in [1.165, 1.54) is 5.56 Å². The molecule has 6 heteroatoms. The predicted molar refractivity (Wildman–Crippen MR) is 126 cm³/mol. The fourth-order valence-corrected chi connectivity index (χ4v) is 3.94. The highest BCUT2D eigenvalue weighted by Crippen LogP contribution is 2.26. The molecule has 0 saturated carbocycles. The van der Waals surface area contributed by atoms with Crippen LogP contribution in [0, 0.1) is 27.7 Å². The second-order valence-corrected chi connectivity index (χ2v) is 8.47. The molecule has 4 rings (SSSR count). The van der Waals surface area contributed by atoms with E-state index in [0.717, 1.165) is 33.3 Å². The predicted octanol–water partition coefficient (Wildman–Crippen LogP) is 5.88. The number of aromatic nitrogens is 3. The summed E-state index contributed by atoms with van der Waals surface area (Å²) >= 11 is 5.93. The van der Waals surface area contributed by atoms with Crippen LogP contribution in [0.3, 0.4) is 0 Å². The topological polar surface area (TPSA) is 59.8 Å². The van der Waals surface area contributed by atoms with Crippen LogP contribution >= 0.6 is 11.6 Å². The molecular formula is C25H25ClN4O. The summed E-state index contributed by atoms with van der Waals surface area (Å²) in [5, 5.41) is 9.41. The third kappa shape index (κ3) is 4.62. The van der Waals surface area contributed by atoms with Gasteiger partial charge in [0.2, 0.25) is 5.91 Å². The van der Waals surface area contributed by atoms with Gasteiger partial charge in [-0.05, 0) is 75.1 Å². The lowest BCUT2D eigenvalue weighted by atomic mass is 10.0. The van der Waals surface area contributed by atoms with Crippen LogP contribution in [0.5, 0.6) is 0 Å². The van der Waals surface area contributed by atoms with Gasteiger partial charge in [-0.15, -0.1) is 0 Å². The quantitative estimate of drug-likeness (QED) is 0.428. The largest absolute Gasteiger partial charge is 0.311 e. The molecule has 0 fully saturated rings. The van der Waals surface area contributed by atoms with Crippen LogP contribution in [-0.4, -0.2) is 20.7 Å². The SMILES string of the molecule is Cc1cc(C)c2nc(-n3nc(C)cc3NC(=O)CCc3ccc(Cl)cc3)cc(C)c2c1. The highest BCUT2D eigenvalue weighted by Gasteiger charge is 2.14. The maximum absolute atomic E-state index is 12.6. The van der Waals surface area contributed by atoms with Crippen molar-refractivity contribution in [2.45, 2.75) is 40.5 Å². The van der Waals surface area contributed by atoms with Gasteiger partial charge in [-0.25, -0.2) is 4.98 Å². The van der Waals surface area contributed by atoms with Gasteiger partial charge in [0.05, 0.1) is 11.2 Å². The van der Waals surface area contributed by atoms with Crippen molar-refractivity contribution in [1.29, 1.82) is 0 Å². The molecule has 0 bridgehead atoms. The van der Waals surface area contributed by atoms with E-state index in [0.29, 0.717) is 29.5 Å². The number of pyridine rings is 1. The summed E-state index contributed by atoms with van der Waals surface area (Å²) in [7, 11) is 0. The minimum atomic E-state index is -0.0691. The Morgan fingerprint density at radius 3 is 2.48 bits per heavy atom. The first-order valence-corrected chi connectivity index (χ1v) is 10.7. The van der Waals surface area contributed by atoms with Crippen molar-refractivity contribution in [2.24, 2.45) is 0 Å². The van der Waals surface area contributed by atoms with E-state index in [2.05, 4.69) is 43.3 Å². The number of hydrogen-bond acceptors (Lipinski definition) is 3. The maximum Gasteiger partial charge on any atom is 0.225 e. The van der Waals surface area contributed by atoms with Crippen LogP contribution in [0.15, 0.2) is 48.5 Å². The van der Waals surface area contributed by atoms with Gasteiger partial charge in [-0.1, -0.05) is 35.4 Å². The van der Waals surface area contributed by atoms with Crippen LogP contribution in [0.1, 0.15) is 34.4 Å². The molecule has 0 aliphatic rings. The Labute approximate surface area is 187 Å². The van der Waals surface area contributed by atoms with Gasteiger partial charge >= 0.3 is 0 Å². The number of aryl methyl sites for hydroxylation is 5. The number of nitrogens with one attached hydrogen (secondary N) is 1. The standard InChI is InChI=1S/C25H25ClN4O/c1-15-11-17(3)25-21(12-15)16(2)13-22(28-25)30-23(14-18(4)29-30)27-24(31)10-7-19-5-8-20(26)9-6-19/h5-6,8-9,11-14H,7,10H2,1-4H3,(H,27,31). The Morgan fingerprint density at radius 2 is 1.74 bits per heavy atom. The molecular weight excluding hydrogens is 408 g/mol. The summed E-state index contributed by atoms with van der Waals surface area (Å²) < 4.78 is 1.71. The molecule has 0 radical (unpaired) electrons. The number of fused-ring (bicyclic) bond motifs is 1. The minimum absolute atomic E-state index is 0.0691. The molecule has 0 aliphatic heterocycles. The first-order chi connectivity index (χ1) is 14.8. The molecule has 0 spiro atoms. The van der Waals surface area contributed by atoms with Crippen LogP contribution in [0.25, 0.3) is 16.7 Å². The lowest BCUT2D eigenvalue weighted by Gasteiger charge is -2.12. The van der Waals surface area contributed by atoms with Crippen molar-refractivity contribution >= 4 is 34.2 Å². The van der Waals surface area contributed by atoms with Crippen LogP contribution in [0.4, 0.5) is 5.82 Å². The number of amides is 1.